The third kappa shape index (κ3) is 13.4. The van der Waals surface area contributed by atoms with Crippen molar-refractivity contribution in [3.05, 3.63) is 35.9 Å². The number of hydrogen-bond acceptors (Lipinski definition) is 5. The highest BCUT2D eigenvalue weighted by molar-refractivity contribution is 5.85. The van der Waals surface area contributed by atoms with E-state index in [0.717, 1.165) is 12.0 Å². The Morgan fingerprint density at radius 3 is 2.04 bits per heavy atom. The Morgan fingerprint density at radius 1 is 1.04 bits per heavy atom. The highest BCUT2D eigenvalue weighted by atomic mass is 16.4. The minimum atomic E-state index is -1.06. The predicted octanol–water partition coefficient (Wildman–Crippen LogP) is 0.982. The van der Waals surface area contributed by atoms with E-state index in [2.05, 4.69) is 26.1 Å². The number of carbonyl (C=O) groups is 3. The van der Waals surface area contributed by atoms with Gasteiger partial charge in [0.15, 0.2) is 0 Å². The molecule has 0 saturated carbocycles. The van der Waals surface area contributed by atoms with Crippen molar-refractivity contribution in [2.75, 3.05) is 6.54 Å². The van der Waals surface area contributed by atoms with Crippen LogP contribution in [0.3, 0.4) is 0 Å². The molecular weight excluding hydrogens is 350 g/mol. The van der Waals surface area contributed by atoms with Crippen molar-refractivity contribution in [1.29, 1.82) is 0 Å². The van der Waals surface area contributed by atoms with E-state index in [1.165, 1.54) is 0 Å². The highest BCUT2D eigenvalue weighted by Gasteiger charge is 2.17. The molecule has 1 rings (SSSR count). The van der Waals surface area contributed by atoms with E-state index >= 15 is 0 Å². The fourth-order valence-electron chi connectivity index (χ4n) is 1.93. The van der Waals surface area contributed by atoms with Crippen LogP contribution in [0.25, 0.3) is 0 Å². The van der Waals surface area contributed by atoms with E-state index in [4.69, 9.17) is 21.7 Å². The normalized spacial score (nSPS) is 12.9. The molecule has 8 nitrogen and oxygen atoms in total. The van der Waals surface area contributed by atoms with Crippen LogP contribution in [-0.4, -0.2) is 46.7 Å². The molecule has 1 amide bonds. The lowest BCUT2D eigenvalue weighted by atomic mass is 9.92. The van der Waals surface area contributed by atoms with Gasteiger partial charge in [-0.05, 0) is 23.8 Å². The average molecular weight is 381 g/mol. The molecule has 152 valence electrons. The molecule has 0 spiro atoms. The van der Waals surface area contributed by atoms with Gasteiger partial charge in [0.2, 0.25) is 5.91 Å². The van der Waals surface area contributed by atoms with Gasteiger partial charge in [-0.3, -0.25) is 14.4 Å². The Hall–Kier alpha value is -2.45. The van der Waals surface area contributed by atoms with E-state index in [0.29, 0.717) is 13.0 Å². The molecule has 0 aliphatic carbocycles. The lowest BCUT2D eigenvalue weighted by Crippen LogP contribution is -2.42. The number of rotatable bonds is 8. The zero-order valence-electron chi connectivity index (χ0n) is 16.1. The molecule has 0 heterocycles. The minimum Gasteiger partial charge on any atom is -0.481 e. The second-order valence-electron chi connectivity index (χ2n) is 7.44. The largest absolute Gasteiger partial charge is 0.481 e. The third-order valence-electron chi connectivity index (χ3n) is 3.52. The van der Waals surface area contributed by atoms with Gasteiger partial charge in [-0.2, -0.15) is 0 Å². The minimum absolute atomic E-state index is 0.143. The summed E-state index contributed by atoms with van der Waals surface area (Å²) in [6, 6.07) is 7.59. The molecule has 1 aromatic carbocycles. The lowest BCUT2D eigenvalue weighted by Gasteiger charge is -2.18. The molecule has 0 aliphatic rings. The summed E-state index contributed by atoms with van der Waals surface area (Å²) in [5.41, 5.74) is 11.8. The first-order valence-electron chi connectivity index (χ1n) is 8.69. The van der Waals surface area contributed by atoms with E-state index in [9.17, 15) is 14.4 Å². The van der Waals surface area contributed by atoms with E-state index in [1.54, 1.807) is 0 Å². The van der Waals surface area contributed by atoms with Crippen LogP contribution in [0.5, 0.6) is 0 Å². The van der Waals surface area contributed by atoms with Gasteiger partial charge in [0.05, 0.1) is 12.5 Å². The van der Waals surface area contributed by atoms with E-state index in [-0.39, 0.29) is 11.8 Å². The number of amides is 1. The van der Waals surface area contributed by atoms with Crippen LogP contribution in [-0.2, 0) is 20.8 Å². The van der Waals surface area contributed by atoms with Crippen LogP contribution in [0.1, 0.15) is 39.2 Å². The summed E-state index contributed by atoms with van der Waals surface area (Å²) in [5.74, 6) is -2.42. The van der Waals surface area contributed by atoms with Gasteiger partial charge in [0.25, 0.3) is 0 Å². The summed E-state index contributed by atoms with van der Waals surface area (Å²) in [4.78, 5) is 31.9. The fourth-order valence-corrected chi connectivity index (χ4v) is 1.93. The van der Waals surface area contributed by atoms with Crippen molar-refractivity contribution in [2.24, 2.45) is 16.9 Å². The summed E-state index contributed by atoms with van der Waals surface area (Å²) in [5, 5.41) is 19.6. The first kappa shape index (κ1) is 24.6. The second-order valence-corrected chi connectivity index (χ2v) is 7.44. The predicted molar refractivity (Wildman–Crippen MR) is 103 cm³/mol. The number of nitrogens with two attached hydrogens (primary N) is 2. The maximum absolute atomic E-state index is 11.3. The highest BCUT2D eigenvalue weighted by Crippen LogP contribution is 2.16. The zero-order valence-corrected chi connectivity index (χ0v) is 16.1. The molecule has 7 N–H and O–H groups in total. The molecule has 0 fully saturated rings. The molecule has 0 radical (unpaired) electrons. The van der Waals surface area contributed by atoms with Gasteiger partial charge < -0.3 is 27.0 Å². The third-order valence-corrected chi connectivity index (χ3v) is 3.52. The molecule has 0 unspecified atom stereocenters. The van der Waals surface area contributed by atoms with Crippen LogP contribution in [0, 0.1) is 5.41 Å². The Balaban J connectivity index is 0.000000511. The van der Waals surface area contributed by atoms with Crippen LogP contribution in [0.15, 0.2) is 30.3 Å². The summed E-state index contributed by atoms with van der Waals surface area (Å²) in [6.07, 6.45) is 0.885. The lowest BCUT2D eigenvalue weighted by molar-refractivity contribution is -0.139. The standard InChI is InChI=1S/C10H20N2O3.C9H11NO2/c1-10(2,3)4-5-12-9(15)7(11)6-8(13)14;10-8(9(11)12)6-7-4-2-1-3-5-7/h7H,4-6,11H2,1-3H3,(H,12,15)(H,13,14);1-5,8H,6,10H2,(H,11,12)/t7-;8-/m00/s1. The number of aliphatic carboxylic acids is 2. The number of hydrogen-bond donors (Lipinski definition) is 5. The molecule has 8 heteroatoms. The first-order valence-corrected chi connectivity index (χ1v) is 8.69. The Bertz CT molecular complexity index is 599. The molecule has 0 saturated heterocycles. The second kappa shape index (κ2) is 12.0. The molecular formula is C19H31N3O5. The molecule has 27 heavy (non-hydrogen) atoms. The molecule has 1 aromatic rings. The van der Waals surface area contributed by atoms with Crippen molar-refractivity contribution >= 4 is 17.8 Å². The summed E-state index contributed by atoms with van der Waals surface area (Å²) >= 11 is 0. The fraction of sp³-hybridized carbons (Fsp3) is 0.526. The van der Waals surface area contributed by atoms with Gasteiger partial charge in [-0.25, -0.2) is 0 Å². The molecule has 2 atom stereocenters. The smallest absolute Gasteiger partial charge is 0.320 e. The topological polar surface area (TPSA) is 156 Å². The number of carboxylic acid groups (broad SMARTS) is 2. The van der Waals surface area contributed by atoms with E-state index < -0.39 is 29.9 Å². The summed E-state index contributed by atoms with van der Waals surface area (Å²) < 4.78 is 0. The number of carboxylic acids is 2. The summed E-state index contributed by atoms with van der Waals surface area (Å²) in [7, 11) is 0. The Labute approximate surface area is 159 Å². The van der Waals surface area contributed by atoms with Crippen molar-refractivity contribution in [2.45, 2.75) is 52.1 Å². The average Bonchev–Trinajstić information content (AvgIpc) is 2.54. The molecule has 0 bridgehead atoms. The summed E-state index contributed by atoms with van der Waals surface area (Å²) in [6.45, 7) is 6.72. The van der Waals surface area contributed by atoms with Gasteiger partial charge in [-0.15, -0.1) is 0 Å². The quantitative estimate of drug-likeness (QED) is 0.449. The van der Waals surface area contributed by atoms with E-state index in [1.807, 2.05) is 30.3 Å². The van der Waals surface area contributed by atoms with Crippen LogP contribution >= 0.6 is 0 Å². The zero-order chi connectivity index (χ0) is 21.0. The maximum atomic E-state index is 11.3. The van der Waals surface area contributed by atoms with Gasteiger partial charge in [-0.1, -0.05) is 51.1 Å². The van der Waals surface area contributed by atoms with Crippen LogP contribution in [0.4, 0.5) is 0 Å². The maximum Gasteiger partial charge on any atom is 0.320 e. The number of nitrogens with one attached hydrogen (secondary N) is 1. The monoisotopic (exact) mass is 381 g/mol. The van der Waals surface area contributed by atoms with Crippen molar-refractivity contribution in [3.63, 3.8) is 0 Å². The first-order chi connectivity index (χ1) is 12.4. The number of carbonyl (C=O) groups excluding carboxylic acids is 1. The van der Waals surface area contributed by atoms with Crippen molar-refractivity contribution in [3.8, 4) is 0 Å². The van der Waals surface area contributed by atoms with Crippen molar-refractivity contribution < 1.29 is 24.6 Å². The SMILES string of the molecule is CC(C)(C)CCNC(=O)[C@@H](N)CC(=O)O.N[C@@H](Cc1ccccc1)C(=O)O. The van der Waals surface area contributed by atoms with Gasteiger partial charge in [0, 0.05) is 6.54 Å². The van der Waals surface area contributed by atoms with Crippen molar-refractivity contribution in [1.82, 2.24) is 5.32 Å². The Morgan fingerprint density at radius 2 is 1.59 bits per heavy atom. The van der Waals surface area contributed by atoms with Gasteiger partial charge >= 0.3 is 11.9 Å². The molecule has 0 aliphatic heterocycles. The van der Waals surface area contributed by atoms with Crippen LogP contribution < -0.4 is 16.8 Å². The molecule has 0 aromatic heterocycles. The number of benzene rings is 1. The Kier molecular flexibility index (Phi) is 10.9. The van der Waals surface area contributed by atoms with Crippen LogP contribution in [0.2, 0.25) is 0 Å². The van der Waals surface area contributed by atoms with Gasteiger partial charge in [0.1, 0.15) is 6.04 Å².